The lowest BCUT2D eigenvalue weighted by Crippen LogP contribution is -2.54. The van der Waals surface area contributed by atoms with Crippen LogP contribution in [0.5, 0.6) is 5.75 Å². The molecule has 68 heavy (non-hydrogen) atoms. The van der Waals surface area contributed by atoms with E-state index in [2.05, 4.69) is 38.9 Å². The van der Waals surface area contributed by atoms with E-state index >= 15 is 0 Å². The Hall–Kier alpha value is -5.52. The molecule has 4 aromatic rings. The Labute approximate surface area is 407 Å². The van der Waals surface area contributed by atoms with Gasteiger partial charge in [0.25, 0.3) is 11.8 Å². The van der Waals surface area contributed by atoms with Gasteiger partial charge in [0, 0.05) is 30.8 Å². The van der Waals surface area contributed by atoms with Gasteiger partial charge in [-0.3, -0.25) is 34.2 Å². The minimum absolute atomic E-state index is 0.0813. The molecule has 0 radical (unpaired) electrons. The van der Waals surface area contributed by atoms with E-state index in [0.29, 0.717) is 47.8 Å². The van der Waals surface area contributed by atoms with Gasteiger partial charge in [-0.15, -0.1) is 11.8 Å². The Morgan fingerprint density at radius 2 is 1.62 bits per heavy atom. The lowest BCUT2D eigenvalue weighted by Gasteiger charge is -2.33. The van der Waals surface area contributed by atoms with Gasteiger partial charge in [0.2, 0.25) is 23.7 Å². The monoisotopic (exact) mass is 985 g/mol. The Morgan fingerprint density at radius 1 is 0.897 bits per heavy atom. The number of carbonyl (C=O) groups is 5. The molecular formula is C50H60ClN7O8S2. The molecule has 1 unspecified atom stereocenters. The molecule has 0 saturated carbocycles. The number of fused-ring (bicyclic) bond motifs is 1. The van der Waals surface area contributed by atoms with Crippen LogP contribution in [0.2, 0.25) is 5.02 Å². The second kappa shape index (κ2) is 22.3. The molecule has 3 aliphatic heterocycles. The van der Waals surface area contributed by atoms with Crippen LogP contribution in [-0.4, -0.2) is 94.0 Å². The van der Waals surface area contributed by atoms with Crippen LogP contribution in [0.4, 0.5) is 23.1 Å². The lowest BCUT2D eigenvalue weighted by molar-refractivity contribution is -0.136. The van der Waals surface area contributed by atoms with Gasteiger partial charge in [-0.05, 0) is 126 Å². The van der Waals surface area contributed by atoms with Crippen LogP contribution in [0.3, 0.4) is 0 Å². The van der Waals surface area contributed by atoms with E-state index in [9.17, 15) is 32.4 Å². The Bertz CT molecular complexity index is 2670. The summed E-state index contributed by atoms with van der Waals surface area (Å²) in [5.41, 5.74) is 3.91. The number of carbonyl (C=O) groups excluding carboxylic acids is 5. The number of ether oxygens (including phenoxy) is 1. The topological polar surface area (TPSA) is 197 Å². The number of benzene rings is 3. The average Bonchev–Trinajstić information content (AvgIpc) is 3.56. The van der Waals surface area contributed by atoms with Crippen molar-refractivity contribution in [1.82, 2.24) is 25.1 Å². The zero-order valence-electron chi connectivity index (χ0n) is 39.2. The normalized spacial score (nSPS) is 16.7. The van der Waals surface area contributed by atoms with Crippen LogP contribution in [0.15, 0.2) is 70.6 Å². The van der Waals surface area contributed by atoms with Crippen LogP contribution in [0, 0.1) is 6.92 Å². The number of hydrogen-bond donors (Lipinski definition) is 3. The predicted molar refractivity (Wildman–Crippen MR) is 264 cm³/mol. The molecule has 4 heterocycles. The van der Waals surface area contributed by atoms with Crippen molar-refractivity contribution in [2.24, 2.45) is 0 Å². The molecule has 0 spiro atoms. The number of rotatable bonds is 20. The van der Waals surface area contributed by atoms with Crippen LogP contribution in [0.25, 0.3) is 0 Å². The number of piperidine rings is 2. The van der Waals surface area contributed by atoms with Gasteiger partial charge < -0.3 is 20.3 Å². The molecule has 362 valence electrons. The van der Waals surface area contributed by atoms with Crippen molar-refractivity contribution >= 4 is 85.9 Å². The molecule has 2 fully saturated rings. The highest BCUT2D eigenvalue weighted by Crippen LogP contribution is 2.39. The van der Waals surface area contributed by atoms with Crippen molar-refractivity contribution in [3.05, 3.63) is 88.1 Å². The number of aryl methyl sites for hydroxylation is 1. The van der Waals surface area contributed by atoms with Crippen LogP contribution < -0.4 is 20.7 Å². The number of anilines is 4. The van der Waals surface area contributed by atoms with Crippen molar-refractivity contribution in [3.8, 4) is 5.75 Å². The number of nitrogens with one attached hydrogen (secondary N) is 3. The standard InChI is InChI=1S/C50H60ClN7O8S2/c1-30(2)66-40-28-35(32(5)27-38(40)54-50-52-29-36(51)46(56-50)53-37-16-11-12-18-42(37)68(64,65)31(3)4)33-22-24-57(25-23-33)44(60)19-10-8-6-7-9-13-26-67-41-17-14-15-34-45(41)49(63)58(48(34)62)39-20-21-43(59)55-47(39)61/h11-12,14-18,27-31,33,39H,6-10,13,19-26H2,1-5H3,(H,55,59,61)(H2,52,53,54,56). The molecule has 5 amide bonds. The Kier molecular flexibility index (Phi) is 16.5. The highest BCUT2D eigenvalue weighted by atomic mass is 35.5. The average molecular weight is 987 g/mol. The highest BCUT2D eigenvalue weighted by molar-refractivity contribution is 7.99. The molecule has 15 nitrogen and oxygen atoms in total. The molecular weight excluding hydrogens is 926 g/mol. The summed E-state index contributed by atoms with van der Waals surface area (Å²) in [6, 6.07) is 15.0. The molecule has 3 N–H and O–H groups in total. The second-order valence-electron chi connectivity index (χ2n) is 18.1. The van der Waals surface area contributed by atoms with E-state index in [0.717, 1.165) is 72.5 Å². The van der Waals surface area contributed by atoms with Gasteiger partial charge in [-0.1, -0.05) is 55.5 Å². The molecule has 2 saturated heterocycles. The third-order valence-electron chi connectivity index (χ3n) is 12.5. The SMILES string of the molecule is Cc1cc(Nc2ncc(Cl)c(Nc3ccccc3S(=O)(=O)C(C)C)n2)c(OC(C)C)cc1C1CCN(C(=O)CCCCCCCCSc2cccc3c2C(=O)N(C2CCC(=O)NC2=O)C3=O)CC1. The van der Waals surface area contributed by atoms with Crippen molar-refractivity contribution in [3.63, 3.8) is 0 Å². The van der Waals surface area contributed by atoms with Crippen molar-refractivity contribution in [2.75, 3.05) is 29.5 Å². The number of amides is 5. The molecule has 0 bridgehead atoms. The van der Waals surface area contributed by atoms with Gasteiger partial charge >= 0.3 is 0 Å². The van der Waals surface area contributed by atoms with Gasteiger partial charge in [0.15, 0.2) is 15.7 Å². The summed E-state index contributed by atoms with van der Waals surface area (Å²) in [6.45, 7) is 10.7. The number of para-hydroxylation sites is 1. The zero-order valence-corrected chi connectivity index (χ0v) is 41.6. The number of sulfone groups is 1. The maximum Gasteiger partial charge on any atom is 0.263 e. The molecule has 3 aromatic carbocycles. The van der Waals surface area contributed by atoms with E-state index in [-0.39, 0.29) is 52.5 Å². The highest BCUT2D eigenvalue weighted by Gasteiger charge is 2.45. The number of hydrogen-bond acceptors (Lipinski definition) is 13. The summed E-state index contributed by atoms with van der Waals surface area (Å²) in [5.74, 6) is 0.374. The van der Waals surface area contributed by atoms with Crippen LogP contribution in [0.1, 0.15) is 136 Å². The fraction of sp³-hybridized carbons (Fsp3) is 0.460. The Morgan fingerprint density at radius 3 is 2.34 bits per heavy atom. The first-order valence-corrected chi connectivity index (χ1v) is 26.4. The first kappa shape index (κ1) is 50.4. The van der Waals surface area contributed by atoms with E-state index in [4.69, 9.17) is 16.3 Å². The first-order valence-electron chi connectivity index (χ1n) is 23.5. The minimum atomic E-state index is -3.59. The summed E-state index contributed by atoms with van der Waals surface area (Å²) < 4.78 is 32.5. The predicted octanol–water partition coefficient (Wildman–Crippen LogP) is 9.53. The maximum atomic E-state index is 13.4. The number of thioether (sulfide) groups is 1. The minimum Gasteiger partial charge on any atom is -0.489 e. The smallest absolute Gasteiger partial charge is 0.263 e. The molecule has 0 aliphatic carbocycles. The molecule has 3 aliphatic rings. The number of unbranched alkanes of at least 4 members (excludes halogenated alkanes) is 5. The summed E-state index contributed by atoms with van der Waals surface area (Å²) in [5, 5.41) is 8.25. The molecule has 1 atom stereocenters. The maximum absolute atomic E-state index is 13.4. The molecule has 18 heteroatoms. The van der Waals surface area contributed by atoms with Gasteiger partial charge in [-0.25, -0.2) is 13.4 Å². The van der Waals surface area contributed by atoms with Crippen molar-refractivity contribution in [1.29, 1.82) is 0 Å². The summed E-state index contributed by atoms with van der Waals surface area (Å²) in [7, 11) is -3.59. The zero-order chi connectivity index (χ0) is 48.7. The Balaban J connectivity index is 0.849. The van der Waals surface area contributed by atoms with Crippen LogP contribution in [-0.2, 0) is 24.2 Å². The first-order chi connectivity index (χ1) is 32.5. The fourth-order valence-corrected chi connectivity index (χ4v) is 11.3. The number of likely N-dealkylation sites (tertiary alicyclic amines) is 1. The molecule has 7 rings (SSSR count). The lowest BCUT2D eigenvalue weighted by atomic mass is 9.86. The van der Waals surface area contributed by atoms with Gasteiger partial charge in [0.05, 0.1) is 44.9 Å². The summed E-state index contributed by atoms with van der Waals surface area (Å²) >= 11 is 8.05. The van der Waals surface area contributed by atoms with Crippen molar-refractivity contribution in [2.45, 2.75) is 138 Å². The van der Waals surface area contributed by atoms with E-state index < -0.39 is 44.8 Å². The second-order valence-corrected chi connectivity index (χ2v) is 22.1. The molecule has 1 aromatic heterocycles. The van der Waals surface area contributed by atoms with E-state index in [1.54, 1.807) is 50.2 Å². The number of imide groups is 2. The van der Waals surface area contributed by atoms with Crippen LogP contribution >= 0.6 is 23.4 Å². The fourth-order valence-electron chi connectivity index (χ4n) is 8.90. The quantitative estimate of drug-likeness (QED) is 0.0431. The van der Waals surface area contributed by atoms with E-state index in [1.807, 2.05) is 30.9 Å². The number of halogens is 1. The third-order valence-corrected chi connectivity index (χ3v) is 16.2. The van der Waals surface area contributed by atoms with Crippen molar-refractivity contribution < 1.29 is 37.1 Å². The van der Waals surface area contributed by atoms with Gasteiger partial charge in [-0.2, -0.15) is 4.98 Å². The summed E-state index contributed by atoms with van der Waals surface area (Å²) in [6.07, 6.45) is 9.60. The third kappa shape index (κ3) is 11.7. The largest absolute Gasteiger partial charge is 0.489 e. The van der Waals surface area contributed by atoms with Gasteiger partial charge in [0.1, 0.15) is 16.8 Å². The summed E-state index contributed by atoms with van der Waals surface area (Å²) in [4.78, 5) is 76.8. The van der Waals surface area contributed by atoms with E-state index in [1.165, 1.54) is 23.5 Å². The number of nitrogens with zero attached hydrogens (tertiary/aromatic N) is 4. The number of aromatic nitrogens is 2.